The van der Waals surface area contributed by atoms with Crippen LogP contribution in [-0.2, 0) is 9.53 Å². The molecule has 0 aromatic rings. The topological polar surface area (TPSA) is 58.6 Å². The lowest BCUT2D eigenvalue weighted by molar-refractivity contribution is -0.125. The standard InChI is InChI=1S/C7H11N2O3/c1-5(12-2)4-9-6(10)3-8-7(9)11/h5H,1,3-4H2,2H3,(H,8,11). The average molecular weight is 171 g/mol. The van der Waals surface area contributed by atoms with Crippen LogP contribution in [0.4, 0.5) is 4.79 Å². The van der Waals surface area contributed by atoms with E-state index in [0.717, 1.165) is 4.90 Å². The van der Waals surface area contributed by atoms with Crippen molar-refractivity contribution in [3.8, 4) is 0 Å². The molecule has 1 fully saturated rings. The molecule has 5 nitrogen and oxygen atoms in total. The van der Waals surface area contributed by atoms with Crippen LogP contribution in [0.5, 0.6) is 0 Å². The number of nitrogens with zero attached hydrogens (tertiary/aromatic N) is 1. The number of methoxy groups -OCH3 is 1. The Bertz CT molecular complexity index is 189. The highest BCUT2D eigenvalue weighted by Crippen LogP contribution is 2.01. The van der Waals surface area contributed by atoms with Crippen molar-refractivity contribution < 1.29 is 14.3 Å². The summed E-state index contributed by atoms with van der Waals surface area (Å²) < 4.78 is 4.82. The van der Waals surface area contributed by atoms with Gasteiger partial charge in [-0.05, 0) is 6.92 Å². The molecular weight excluding hydrogens is 160 g/mol. The Labute approximate surface area is 70.7 Å². The van der Waals surface area contributed by atoms with Gasteiger partial charge in [0.2, 0.25) is 5.91 Å². The second kappa shape index (κ2) is 3.53. The van der Waals surface area contributed by atoms with E-state index in [4.69, 9.17) is 4.74 Å². The highest BCUT2D eigenvalue weighted by atomic mass is 16.5. The summed E-state index contributed by atoms with van der Waals surface area (Å²) >= 11 is 0. The van der Waals surface area contributed by atoms with Crippen LogP contribution in [0.2, 0.25) is 0 Å². The first-order chi connectivity index (χ1) is 5.65. The molecule has 0 bridgehead atoms. The van der Waals surface area contributed by atoms with E-state index in [1.807, 2.05) is 0 Å². The van der Waals surface area contributed by atoms with Crippen LogP contribution in [0.3, 0.4) is 0 Å². The number of hydrogen-bond donors (Lipinski definition) is 1. The largest absolute Gasteiger partial charge is 0.380 e. The molecule has 1 unspecified atom stereocenters. The fraction of sp³-hybridized carbons (Fsp3) is 0.571. The Kier molecular flexibility index (Phi) is 2.65. The van der Waals surface area contributed by atoms with Crippen molar-refractivity contribution in [2.24, 2.45) is 0 Å². The minimum atomic E-state index is -0.370. The van der Waals surface area contributed by atoms with Gasteiger partial charge in [-0.25, -0.2) is 4.79 Å². The summed E-state index contributed by atoms with van der Waals surface area (Å²) in [5, 5.41) is 2.40. The molecule has 1 rings (SSSR count). The minimum Gasteiger partial charge on any atom is -0.380 e. The van der Waals surface area contributed by atoms with Crippen molar-refractivity contribution in [3.05, 3.63) is 6.92 Å². The molecule has 0 spiro atoms. The maximum absolute atomic E-state index is 11.0. The van der Waals surface area contributed by atoms with E-state index < -0.39 is 0 Å². The second-order valence-electron chi connectivity index (χ2n) is 2.52. The number of hydrogen-bond acceptors (Lipinski definition) is 3. The smallest absolute Gasteiger partial charge is 0.324 e. The van der Waals surface area contributed by atoms with Gasteiger partial charge in [-0.1, -0.05) is 0 Å². The third-order valence-corrected chi connectivity index (χ3v) is 1.66. The maximum atomic E-state index is 11.0. The highest BCUT2D eigenvalue weighted by Gasteiger charge is 2.29. The van der Waals surface area contributed by atoms with Crippen LogP contribution in [-0.4, -0.2) is 43.1 Å². The molecule has 0 saturated carbocycles. The SMILES string of the molecule is [CH2]C(CN1C(=O)CNC1=O)OC. The van der Waals surface area contributed by atoms with E-state index in [2.05, 4.69) is 12.2 Å². The molecule has 12 heavy (non-hydrogen) atoms. The first kappa shape index (κ1) is 8.99. The molecule has 3 amide bonds. The summed E-state index contributed by atoms with van der Waals surface area (Å²) in [7, 11) is 1.48. The van der Waals surface area contributed by atoms with E-state index in [0.29, 0.717) is 0 Å². The molecule has 1 aliphatic heterocycles. The Morgan fingerprint density at radius 2 is 2.42 bits per heavy atom. The van der Waals surface area contributed by atoms with Gasteiger partial charge in [0, 0.05) is 7.11 Å². The van der Waals surface area contributed by atoms with Gasteiger partial charge in [-0.15, -0.1) is 0 Å². The average Bonchev–Trinajstić information content (AvgIpc) is 2.35. The number of nitrogens with one attached hydrogen (secondary N) is 1. The summed E-state index contributed by atoms with van der Waals surface area (Å²) in [5.74, 6) is -0.231. The van der Waals surface area contributed by atoms with Crippen LogP contribution in [0, 0.1) is 6.92 Å². The molecule has 0 aliphatic carbocycles. The number of urea groups is 1. The van der Waals surface area contributed by atoms with Crippen LogP contribution in [0.1, 0.15) is 0 Å². The molecule has 5 heteroatoms. The first-order valence-corrected chi connectivity index (χ1v) is 3.59. The molecule has 1 saturated heterocycles. The van der Waals surface area contributed by atoms with Crippen molar-refractivity contribution in [2.45, 2.75) is 6.10 Å². The van der Waals surface area contributed by atoms with Crippen LogP contribution in [0.25, 0.3) is 0 Å². The van der Waals surface area contributed by atoms with Gasteiger partial charge in [0.1, 0.15) is 0 Å². The minimum absolute atomic E-state index is 0.0786. The summed E-state index contributed by atoms with van der Waals surface area (Å²) in [5.41, 5.74) is 0. The summed E-state index contributed by atoms with van der Waals surface area (Å²) in [4.78, 5) is 23.0. The first-order valence-electron chi connectivity index (χ1n) is 3.59. The lowest BCUT2D eigenvalue weighted by atomic mass is 10.4. The van der Waals surface area contributed by atoms with Gasteiger partial charge >= 0.3 is 6.03 Å². The molecule has 1 atom stereocenters. The molecular formula is C7H11N2O3. The fourth-order valence-corrected chi connectivity index (χ4v) is 0.918. The van der Waals surface area contributed by atoms with Gasteiger partial charge in [0.15, 0.2) is 0 Å². The Balaban J connectivity index is 2.50. The lowest BCUT2D eigenvalue weighted by Crippen LogP contribution is -2.37. The zero-order valence-electron chi connectivity index (χ0n) is 6.87. The van der Waals surface area contributed by atoms with Gasteiger partial charge in [-0.3, -0.25) is 9.69 Å². The Morgan fingerprint density at radius 3 is 2.83 bits per heavy atom. The van der Waals surface area contributed by atoms with Crippen molar-refractivity contribution in [1.29, 1.82) is 0 Å². The van der Waals surface area contributed by atoms with E-state index >= 15 is 0 Å². The molecule has 1 radical (unpaired) electrons. The monoisotopic (exact) mass is 171 g/mol. The summed E-state index contributed by atoms with van der Waals surface area (Å²) in [6, 6.07) is -0.370. The predicted molar refractivity (Wildman–Crippen MR) is 41.3 cm³/mol. The van der Waals surface area contributed by atoms with Crippen molar-refractivity contribution >= 4 is 11.9 Å². The normalized spacial score (nSPS) is 19.7. The van der Waals surface area contributed by atoms with Crippen molar-refractivity contribution in [1.82, 2.24) is 10.2 Å². The fourth-order valence-electron chi connectivity index (χ4n) is 0.918. The second-order valence-corrected chi connectivity index (χ2v) is 2.52. The Morgan fingerprint density at radius 1 is 1.75 bits per heavy atom. The molecule has 1 heterocycles. The number of imide groups is 1. The zero-order chi connectivity index (χ0) is 9.14. The van der Waals surface area contributed by atoms with Gasteiger partial charge in [0.25, 0.3) is 0 Å². The number of amides is 3. The molecule has 1 N–H and O–H groups in total. The van der Waals surface area contributed by atoms with Gasteiger partial charge in [-0.2, -0.15) is 0 Å². The zero-order valence-corrected chi connectivity index (χ0v) is 6.87. The molecule has 0 aromatic carbocycles. The third-order valence-electron chi connectivity index (χ3n) is 1.66. The highest BCUT2D eigenvalue weighted by molar-refractivity contribution is 6.01. The predicted octanol–water partition coefficient (Wildman–Crippen LogP) is -0.613. The number of carbonyl (C=O) groups excluding carboxylic acids is 2. The number of ether oxygens (including phenoxy) is 1. The quantitative estimate of drug-likeness (QED) is 0.576. The van der Waals surface area contributed by atoms with Gasteiger partial charge < -0.3 is 10.1 Å². The molecule has 67 valence electrons. The number of carbonyl (C=O) groups is 2. The number of rotatable bonds is 3. The van der Waals surface area contributed by atoms with E-state index in [9.17, 15) is 9.59 Å². The van der Waals surface area contributed by atoms with E-state index in [-0.39, 0.29) is 31.1 Å². The summed E-state index contributed by atoms with van der Waals surface area (Å²) in [6.07, 6.45) is -0.363. The van der Waals surface area contributed by atoms with Crippen LogP contribution < -0.4 is 5.32 Å². The van der Waals surface area contributed by atoms with Crippen LogP contribution in [0.15, 0.2) is 0 Å². The van der Waals surface area contributed by atoms with Crippen molar-refractivity contribution in [3.63, 3.8) is 0 Å². The van der Waals surface area contributed by atoms with E-state index in [1.54, 1.807) is 0 Å². The third kappa shape index (κ3) is 1.73. The molecule has 1 aliphatic rings. The maximum Gasteiger partial charge on any atom is 0.324 e. The van der Waals surface area contributed by atoms with Crippen molar-refractivity contribution in [2.75, 3.05) is 20.2 Å². The van der Waals surface area contributed by atoms with Gasteiger partial charge in [0.05, 0.1) is 19.2 Å². The summed E-state index contributed by atoms with van der Waals surface area (Å²) in [6.45, 7) is 3.88. The van der Waals surface area contributed by atoms with Crippen LogP contribution >= 0.6 is 0 Å². The lowest BCUT2D eigenvalue weighted by Gasteiger charge is -2.16. The van der Waals surface area contributed by atoms with E-state index in [1.165, 1.54) is 7.11 Å². The Hall–Kier alpha value is -1.10. The molecule has 0 aromatic heterocycles.